The zero-order valence-corrected chi connectivity index (χ0v) is 9.06. The Bertz CT molecular complexity index is 454. The van der Waals surface area contributed by atoms with Gasteiger partial charge in [0, 0.05) is 12.4 Å². The van der Waals surface area contributed by atoms with Crippen molar-refractivity contribution in [3.63, 3.8) is 0 Å². The van der Waals surface area contributed by atoms with Crippen molar-refractivity contribution < 1.29 is 9.13 Å². The molecule has 0 radical (unpaired) electrons. The molecule has 1 heterocycles. The summed E-state index contributed by atoms with van der Waals surface area (Å²) in [5.74, 6) is 0.477. The largest absolute Gasteiger partial charge is 0.491 e. The van der Waals surface area contributed by atoms with E-state index in [-0.39, 0.29) is 5.82 Å². The topological polar surface area (TPSA) is 27.1 Å². The molecule has 0 N–H and O–H groups in total. The molecule has 2 aromatic rings. The van der Waals surface area contributed by atoms with Gasteiger partial charge in [0.1, 0.15) is 18.2 Å². The quantitative estimate of drug-likeness (QED) is 0.791. The number of nitrogens with zero attached hydrogens (tertiary/aromatic N) is 2. The van der Waals surface area contributed by atoms with E-state index in [1.54, 1.807) is 16.9 Å². The number of halogens is 1. The van der Waals surface area contributed by atoms with Crippen LogP contribution in [0.15, 0.2) is 36.7 Å². The summed E-state index contributed by atoms with van der Waals surface area (Å²) in [6.07, 6.45) is 3.60. The lowest BCUT2D eigenvalue weighted by atomic mass is 10.2. The second-order valence-electron chi connectivity index (χ2n) is 3.53. The minimum atomic E-state index is -0.239. The van der Waals surface area contributed by atoms with Gasteiger partial charge in [-0.2, -0.15) is 5.10 Å². The summed E-state index contributed by atoms with van der Waals surface area (Å²) in [5, 5.41) is 4.06. The van der Waals surface area contributed by atoms with Crippen LogP contribution in [0.5, 0.6) is 5.75 Å². The van der Waals surface area contributed by atoms with Crippen LogP contribution in [0.2, 0.25) is 0 Å². The molecule has 1 aromatic carbocycles. The molecule has 0 aliphatic carbocycles. The van der Waals surface area contributed by atoms with E-state index in [0.29, 0.717) is 18.9 Å². The van der Waals surface area contributed by atoms with Crippen LogP contribution in [0, 0.1) is 12.7 Å². The lowest BCUT2D eigenvalue weighted by Crippen LogP contribution is -2.08. The first-order valence-corrected chi connectivity index (χ1v) is 5.12. The fourth-order valence-electron chi connectivity index (χ4n) is 1.46. The first-order valence-electron chi connectivity index (χ1n) is 5.12. The van der Waals surface area contributed by atoms with Crippen molar-refractivity contribution in [2.75, 3.05) is 6.61 Å². The summed E-state index contributed by atoms with van der Waals surface area (Å²) < 4.78 is 20.2. The molecule has 3 nitrogen and oxygen atoms in total. The molecule has 0 bridgehead atoms. The van der Waals surface area contributed by atoms with Gasteiger partial charge in [-0.1, -0.05) is 0 Å². The molecule has 0 spiro atoms. The maximum absolute atomic E-state index is 12.8. The van der Waals surface area contributed by atoms with E-state index in [9.17, 15) is 4.39 Å². The summed E-state index contributed by atoms with van der Waals surface area (Å²) in [5.41, 5.74) is 0.806. The van der Waals surface area contributed by atoms with Gasteiger partial charge in [0.2, 0.25) is 0 Å². The number of hydrogen-bond acceptors (Lipinski definition) is 2. The second kappa shape index (κ2) is 4.79. The zero-order chi connectivity index (χ0) is 11.4. The van der Waals surface area contributed by atoms with Crippen LogP contribution in [0.4, 0.5) is 4.39 Å². The lowest BCUT2D eigenvalue weighted by Gasteiger charge is -2.08. The van der Waals surface area contributed by atoms with E-state index in [1.165, 1.54) is 12.1 Å². The van der Waals surface area contributed by atoms with Gasteiger partial charge in [0.05, 0.1) is 6.54 Å². The third-order valence-corrected chi connectivity index (χ3v) is 2.27. The summed E-state index contributed by atoms with van der Waals surface area (Å²) in [7, 11) is 0. The third kappa shape index (κ3) is 2.59. The molecule has 84 valence electrons. The van der Waals surface area contributed by atoms with Gasteiger partial charge in [-0.15, -0.1) is 0 Å². The van der Waals surface area contributed by atoms with Gasteiger partial charge >= 0.3 is 0 Å². The molecular formula is C12H13FN2O. The molecule has 0 saturated carbocycles. The highest BCUT2D eigenvalue weighted by atomic mass is 19.1. The molecule has 0 atom stereocenters. The van der Waals surface area contributed by atoms with Crippen LogP contribution in [-0.4, -0.2) is 16.4 Å². The predicted molar refractivity (Wildman–Crippen MR) is 58.9 cm³/mol. The second-order valence-corrected chi connectivity index (χ2v) is 3.53. The zero-order valence-electron chi connectivity index (χ0n) is 9.06. The molecular weight excluding hydrogens is 207 g/mol. The highest BCUT2D eigenvalue weighted by molar-refractivity contribution is 5.32. The predicted octanol–water partition coefficient (Wildman–Crippen LogP) is 2.41. The average Bonchev–Trinajstić information content (AvgIpc) is 2.74. The van der Waals surface area contributed by atoms with E-state index in [2.05, 4.69) is 5.10 Å². The molecule has 0 unspecified atom stereocenters. The maximum atomic E-state index is 12.8. The van der Waals surface area contributed by atoms with Gasteiger partial charge in [-0.05, 0) is 36.8 Å². The molecule has 0 amide bonds. The first kappa shape index (κ1) is 10.7. The molecule has 1 aromatic heterocycles. The van der Waals surface area contributed by atoms with Crippen molar-refractivity contribution in [2.45, 2.75) is 13.5 Å². The smallest absolute Gasteiger partial charge is 0.123 e. The van der Waals surface area contributed by atoms with Gasteiger partial charge in [-0.3, -0.25) is 4.68 Å². The highest BCUT2D eigenvalue weighted by Gasteiger charge is 2.00. The van der Waals surface area contributed by atoms with E-state index >= 15 is 0 Å². The fourth-order valence-corrected chi connectivity index (χ4v) is 1.46. The lowest BCUT2D eigenvalue weighted by molar-refractivity contribution is 0.289. The van der Waals surface area contributed by atoms with E-state index in [1.807, 2.05) is 19.2 Å². The molecule has 16 heavy (non-hydrogen) atoms. The average molecular weight is 220 g/mol. The van der Waals surface area contributed by atoms with Crippen molar-refractivity contribution in [1.29, 1.82) is 0 Å². The minimum Gasteiger partial charge on any atom is -0.491 e. The Kier molecular flexibility index (Phi) is 3.19. The Morgan fingerprint density at radius 2 is 2.31 bits per heavy atom. The SMILES string of the molecule is Cc1cc(F)ccc1OCCn1cccn1. The summed E-state index contributed by atoms with van der Waals surface area (Å²) in [6, 6.07) is 6.37. The molecule has 2 rings (SSSR count). The van der Waals surface area contributed by atoms with E-state index in [0.717, 1.165) is 5.56 Å². The van der Waals surface area contributed by atoms with Gasteiger partial charge in [0.15, 0.2) is 0 Å². The van der Waals surface area contributed by atoms with E-state index < -0.39 is 0 Å². The normalized spacial score (nSPS) is 10.4. The minimum absolute atomic E-state index is 0.239. The molecule has 4 heteroatoms. The van der Waals surface area contributed by atoms with Crippen molar-refractivity contribution in [3.8, 4) is 5.75 Å². The first-order chi connectivity index (χ1) is 7.75. The van der Waals surface area contributed by atoms with Crippen molar-refractivity contribution in [1.82, 2.24) is 9.78 Å². The standard InChI is InChI=1S/C12H13FN2O/c1-10-9-11(13)3-4-12(10)16-8-7-15-6-2-5-14-15/h2-6,9H,7-8H2,1H3. The Morgan fingerprint density at radius 1 is 1.44 bits per heavy atom. The van der Waals surface area contributed by atoms with Crippen molar-refractivity contribution >= 4 is 0 Å². The monoisotopic (exact) mass is 220 g/mol. The maximum Gasteiger partial charge on any atom is 0.123 e. The molecule has 0 saturated heterocycles. The van der Waals surface area contributed by atoms with Crippen LogP contribution in [0.3, 0.4) is 0 Å². The fraction of sp³-hybridized carbons (Fsp3) is 0.250. The van der Waals surface area contributed by atoms with Crippen LogP contribution in [-0.2, 0) is 6.54 Å². The number of benzene rings is 1. The van der Waals surface area contributed by atoms with Gasteiger partial charge < -0.3 is 4.74 Å². The number of aromatic nitrogens is 2. The van der Waals surface area contributed by atoms with Crippen LogP contribution in [0.25, 0.3) is 0 Å². The Labute approximate surface area is 93.5 Å². The van der Waals surface area contributed by atoms with Gasteiger partial charge in [0.25, 0.3) is 0 Å². The Morgan fingerprint density at radius 3 is 3.00 bits per heavy atom. The van der Waals surface area contributed by atoms with Crippen molar-refractivity contribution in [3.05, 3.63) is 48.0 Å². The van der Waals surface area contributed by atoms with E-state index in [4.69, 9.17) is 4.74 Å². The summed E-state index contributed by atoms with van der Waals surface area (Å²) in [4.78, 5) is 0. The summed E-state index contributed by atoms with van der Waals surface area (Å²) in [6.45, 7) is 3.03. The number of rotatable bonds is 4. The van der Waals surface area contributed by atoms with Crippen molar-refractivity contribution in [2.24, 2.45) is 0 Å². The number of ether oxygens (including phenoxy) is 1. The number of hydrogen-bond donors (Lipinski definition) is 0. The molecule has 0 aliphatic rings. The molecule has 0 fully saturated rings. The third-order valence-electron chi connectivity index (χ3n) is 2.27. The highest BCUT2D eigenvalue weighted by Crippen LogP contribution is 2.18. The van der Waals surface area contributed by atoms with Gasteiger partial charge in [-0.25, -0.2) is 4.39 Å². The summed E-state index contributed by atoms with van der Waals surface area (Å²) >= 11 is 0. The van der Waals surface area contributed by atoms with Crippen LogP contribution in [0.1, 0.15) is 5.56 Å². The Hall–Kier alpha value is -1.84. The van der Waals surface area contributed by atoms with Crippen LogP contribution < -0.4 is 4.74 Å². The number of aryl methyl sites for hydroxylation is 1. The van der Waals surface area contributed by atoms with Crippen LogP contribution >= 0.6 is 0 Å². The molecule has 0 aliphatic heterocycles. The Balaban J connectivity index is 1.90.